The Bertz CT molecular complexity index is 902. The normalized spacial score (nSPS) is 32.4. The molecule has 1 aliphatic heterocycles. The molecule has 5 fully saturated rings. The van der Waals surface area contributed by atoms with Gasteiger partial charge in [-0.1, -0.05) is 12.1 Å². The van der Waals surface area contributed by atoms with Gasteiger partial charge < -0.3 is 20.3 Å². The van der Waals surface area contributed by atoms with Crippen molar-refractivity contribution in [3.05, 3.63) is 29.8 Å². The summed E-state index contributed by atoms with van der Waals surface area (Å²) in [6.45, 7) is 1.98. The minimum atomic E-state index is -0.694. The Morgan fingerprint density at radius 1 is 1.03 bits per heavy atom. The van der Waals surface area contributed by atoms with E-state index in [0.29, 0.717) is 31.2 Å². The van der Waals surface area contributed by atoms with Gasteiger partial charge in [-0.15, -0.1) is 0 Å². The molecule has 4 bridgehead atoms. The molecule has 4 aliphatic carbocycles. The van der Waals surface area contributed by atoms with Crippen LogP contribution in [-0.2, 0) is 20.8 Å². The van der Waals surface area contributed by atoms with Gasteiger partial charge >= 0.3 is 0 Å². The topological polar surface area (TPSA) is 87.7 Å². The van der Waals surface area contributed by atoms with Crippen molar-refractivity contribution in [1.82, 2.24) is 15.5 Å². The Hall–Kier alpha value is -2.57. The van der Waals surface area contributed by atoms with E-state index < -0.39 is 12.1 Å². The van der Waals surface area contributed by atoms with Gasteiger partial charge in [-0.25, -0.2) is 0 Å². The lowest BCUT2D eigenvalue weighted by Crippen LogP contribution is -2.59. The number of ether oxygens (including phenoxy) is 1. The highest BCUT2D eigenvalue weighted by atomic mass is 16.5. The van der Waals surface area contributed by atoms with Crippen LogP contribution >= 0.6 is 0 Å². The molecule has 1 heterocycles. The summed E-state index contributed by atoms with van der Waals surface area (Å²) in [4.78, 5) is 40.6. The molecule has 184 valence electrons. The number of nitrogens with zero attached hydrogens (tertiary/aromatic N) is 1. The minimum Gasteiger partial charge on any atom is -0.497 e. The van der Waals surface area contributed by atoms with Gasteiger partial charge in [0.2, 0.25) is 17.7 Å². The van der Waals surface area contributed by atoms with E-state index in [0.717, 1.165) is 29.6 Å². The third kappa shape index (κ3) is 4.66. The zero-order valence-corrected chi connectivity index (χ0v) is 20.3. The Labute approximate surface area is 202 Å². The molecule has 34 heavy (non-hydrogen) atoms. The van der Waals surface area contributed by atoms with Crippen molar-refractivity contribution >= 4 is 17.7 Å². The number of carbonyl (C=O) groups excluding carboxylic acids is 3. The van der Waals surface area contributed by atoms with E-state index in [1.807, 2.05) is 24.3 Å². The highest BCUT2D eigenvalue weighted by molar-refractivity contribution is 5.92. The van der Waals surface area contributed by atoms with Crippen LogP contribution < -0.4 is 15.4 Å². The summed E-state index contributed by atoms with van der Waals surface area (Å²) in [6, 6.07) is 6.63. The molecule has 2 N–H and O–H groups in total. The second kappa shape index (κ2) is 9.59. The first-order chi connectivity index (χ1) is 16.4. The second-order valence-corrected chi connectivity index (χ2v) is 11.0. The number of amides is 3. The van der Waals surface area contributed by atoms with Gasteiger partial charge in [-0.2, -0.15) is 0 Å². The number of benzene rings is 1. The molecule has 3 amide bonds. The third-order valence-electron chi connectivity index (χ3n) is 8.65. The molecule has 1 saturated heterocycles. The summed E-state index contributed by atoms with van der Waals surface area (Å²) in [5, 5.41) is 6.22. The maximum atomic E-state index is 13.6. The summed E-state index contributed by atoms with van der Waals surface area (Å²) in [6.07, 6.45) is 8.24. The standard InChI is InChI=1S/C27H37N3O4/c1-16(31)28-23(15-17-5-7-22(34-2)8-6-17)27(33)30-9-3-4-24(30)26(32)29-25-20-11-18-10-19(13-20)14-21(25)12-18/h5-8,18-21,23-25H,3-4,9-15H2,1-2H3,(H,28,31)(H,29,32)/t18?,19?,20?,21?,23-,24+,25?/m0/s1. The molecule has 6 rings (SSSR count). The van der Waals surface area contributed by atoms with Gasteiger partial charge in [-0.05, 0) is 86.3 Å². The van der Waals surface area contributed by atoms with Gasteiger partial charge in [-0.3, -0.25) is 14.4 Å². The predicted molar refractivity (Wildman–Crippen MR) is 128 cm³/mol. The fourth-order valence-electron chi connectivity index (χ4n) is 7.37. The van der Waals surface area contributed by atoms with Crippen molar-refractivity contribution in [2.45, 2.75) is 76.4 Å². The van der Waals surface area contributed by atoms with Crippen LogP contribution in [0.25, 0.3) is 0 Å². The lowest BCUT2D eigenvalue weighted by molar-refractivity contribution is -0.142. The molecule has 2 atom stereocenters. The van der Waals surface area contributed by atoms with Crippen molar-refractivity contribution in [2.24, 2.45) is 23.7 Å². The average molecular weight is 468 g/mol. The van der Waals surface area contributed by atoms with E-state index in [2.05, 4.69) is 10.6 Å². The molecule has 7 heteroatoms. The van der Waals surface area contributed by atoms with Crippen molar-refractivity contribution < 1.29 is 19.1 Å². The summed E-state index contributed by atoms with van der Waals surface area (Å²) >= 11 is 0. The molecule has 1 aromatic rings. The molecule has 1 aromatic carbocycles. The van der Waals surface area contributed by atoms with E-state index in [4.69, 9.17) is 4.74 Å². The van der Waals surface area contributed by atoms with Crippen LogP contribution in [0.4, 0.5) is 0 Å². The first-order valence-corrected chi connectivity index (χ1v) is 12.9. The van der Waals surface area contributed by atoms with Gasteiger partial charge in [0.25, 0.3) is 0 Å². The Morgan fingerprint density at radius 2 is 1.68 bits per heavy atom. The maximum Gasteiger partial charge on any atom is 0.246 e. The average Bonchev–Trinajstić information content (AvgIpc) is 3.30. The lowest BCUT2D eigenvalue weighted by Gasteiger charge is -2.54. The van der Waals surface area contributed by atoms with Crippen molar-refractivity contribution in [3.8, 4) is 5.75 Å². The van der Waals surface area contributed by atoms with Crippen LogP contribution in [0.5, 0.6) is 5.75 Å². The van der Waals surface area contributed by atoms with Crippen molar-refractivity contribution in [3.63, 3.8) is 0 Å². The van der Waals surface area contributed by atoms with Crippen LogP contribution in [0.1, 0.15) is 57.4 Å². The number of likely N-dealkylation sites (tertiary alicyclic amines) is 1. The second-order valence-electron chi connectivity index (χ2n) is 11.0. The largest absolute Gasteiger partial charge is 0.497 e. The first-order valence-electron chi connectivity index (χ1n) is 12.9. The molecule has 0 radical (unpaired) electrons. The fraction of sp³-hybridized carbons (Fsp3) is 0.667. The van der Waals surface area contributed by atoms with Crippen LogP contribution in [0.15, 0.2) is 24.3 Å². The van der Waals surface area contributed by atoms with E-state index in [-0.39, 0.29) is 23.8 Å². The number of hydrogen-bond acceptors (Lipinski definition) is 4. The number of nitrogens with one attached hydrogen (secondary N) is 2. The smallest absolute Gasteiger partial charge is 0.246 e. The van der Waals surface area contributed by atoms with Crippen molar-refractivity contribution in [2.75, 3.05) is 13.7 Å². The number of methoxy groups -OCH3 is 1. The zero-order valence-electron chi connectivity index (χ0n) is 20.3. The van der Waals surface area contributed by atoms with Gasteiger partial charge in [0.15, 0.2) is 0 Å². The minimum absolute atomic E-state index is 0.00524. The molecule has 5 aliphatic rings. The fourth-order valence-corrected chi connectivity index (χ4v) is 7.37. The van der Waals surface area contributed by atoms with Crippen LogP contribution in [0.3, 0.4) is 0 Å². The quantitative estimate of drug-likeness (QED) is 0.646. The molecule has 7 nitrogen and oxygen atoms in total. The Kier molecular flexibility index (Phi) is 6.54. The van der Waals surface area contributed by atoms with E-state index in [1.54, 1.807) is 12.0 Å². The van der Waals surface area contributed by atoms with Crippen LogP contribution in [0, 0.1) is 23.7 Å². The SMILES string of the molecule is COc1ccc(C[C@H](NC(C)=O)C(=O)N2CCC[C@@H]2C(=O)NC2C3CC4CC(C3)CC2C4)cc1. The monoisotopic (exact) mass is 467 g/mol. The van der Waals surface area contributed by atoms with Crippen LogP contribution in [-0.4, -0.2) is 54.4 Å². The molecule has 0 aromatic heterocycles. The predicted octanol–water partition coefficient (Wildman–Crippen LogP) is 2.67. The first kappa shape index (κ1) is 23.2. The van der Waals surface area contributed by atoms with Gasteiger partial charge in [0, 0.05) is 25.9 Å². The molecule has 0 unspecified atom stereocenters. The summed E-state index contributed by atoms with van der Waals surface area (Å²) in [5.41, 5.74) is 0.932. The molecule has 4 saturated carbocycles. The van der Waals surface area contributed by atoms with Crippen molar-refractivity contribution in [1.29, 1.82) is 0 Å². The summed E-state index contributed by atoms with van der Waals surface area (Å²) in [7, 11) is 1.61. The molecular formula is C27H37N3O4. The number of rotatable bonds is 7. The highest BCUT2D eigenvalue weighted by Crippen LogP contribution is 2.53. The summed E-state index contributed by atoms with van der Waals surface area (Å²) in [5.74, 6) is 3.24. The highest BCUT2D eigenvalue weighted by Gasteiger charge is 2.49. The molecule has 0 spiro atoms. The summed E-state index contributed by atoms with van der Waals surface area (Å²) < 4.78 is 5.22. The number of hydrogen-bond donors (Lipinski definition) is 2. The van der Waals surface area contributed by atoms with E-state index in [1.165, 1.54) is 39.0 Å². The Morgan fingerprint density at radius 3 is 2.26 bits per heavy atom. The van der Waals surface area contributed by atoms with Gasteiger partial charge in [0.1, 0.15) is 17.8 Å². The number of carbonyl (C=O) groups is 3. The van der Waals surface area contributed by atoms with E-state index >= 15 is 0 Å². The van der Waals surface area contributed by atoms with Crippen LogP contribution in [0.2, 0.25) is 0 Å². The third-order valence-corrected chi connectivity index (χ3v) is 8.65. The van der Waals surface area contributed by atoms with Gasteiger partial charge in [0.05, 0.1) is 7.11 Å². The molecular weight excluding hydrogens is 430 g/mol. The lowest BCUT2D eigenvalue weighted by atomic mass is 9.54. The zero-order chi connectivity index (χ0) is 23.8. The Balaban J connectivity index is 1.26. The van der Waals surface area contributed by atoms with E-state index in [9.17, 15) is 14.4 Å². The maximum absolute atomic E-state index is 13.6.